The zero-order valence-corrected chi connectivity index (χ0v) is 15.0. The van der Waals surface area contributed by atoms with Gasteiger partial charge in [0.1, 0.15) is 0 Å². The van der Waals surface area contributed by atoms with Crippen molar-refractivity contribution in [2.75, 3.05) is 13.1 Å². The quantitative estimate of drug-likeness (QED) is 0.549. The van der Waals surface area contributed by atoms with Crippen molar-refractivity contribution in [3.05, 3.63) is 58.1 Å². The summed E-state index contributed by atoms with van der Waals surface area (Å²) in [7, 11) is 0. The van der Waals surface area contributed by atoms with Crippen molar-refractivity contribution in [2.24, 2.45) is 5.92 Å². The minimum Gasteiger partial charge on any atom is -0.478 e. The van der Waals surface area contributed by atoms with Crippen molar-refractivity contribution in [3.8, 4) is 0 Å². The highest BCUT2D eigenvalue weighted by Crippen LogP contribution is 2.50. The van der Waals surface area contributed by atoms with Gasteiger partial charge in [0.2, 0.25) is 0 Å². The molecule has 0 aromatic heterocycles. The first-order valence-electron chi connectivity index (χ1n) is 7.71. The zero-order chi connectivity index (χ0) is 18.6. The van der Waals surface area contributed by atoms with Gasteiger partial charge >= 0.3 is 11.9 Å². The number of hydrogen-bond donors (Lipinski definition) is 3. The highest BCUT2D eigenvalue weighted by molar-refractivity contribution is 6.42. The molecule has 0 spiro atoms. The Hall–Kier alpha value is -1.82. The Morgan fingerprint density at radius 3 is 2.40 bits per heavy atom. The first-order chi connectivity index (χ1) is 11.7. The number of fused-ring (bicyclic) bond motifs is 1. The van der Waals surface area contributed by atoms with Crippen molar-refractivity contribution >= 4 is 35.1 Å². The third-order valence-electron chi connectivity index (χ3n) is 4.58. The predicted octanol–water partition coefficient (Wildman–Crippen LogP) is 3.51. The number of carbonyl (C=O) groups is 2. The maximum atomic E-state index is 9.55. The van der Waals surface area contributed by atoms with E-state index in [0.29, 0.717) is 28.1 Å². The summed E-state index contributed by atoms with van der Waals surface area (Å²) in [5.41, 5.74) is 2.87. The first-order valence-corrected chi connectivity index (χ1v) is 8.47. The Bertz CT molecular complexity index is 716. The van der Waals surface area contributed by atoms with Gasteiger partial charge < -0.3 is 15.5 Å². The van der Waals surface area contributed by atoms with Gasteiger partial charge in [0.25, 0.3) is 0 Å². The molecule has 0 radical (unpaired) electrons. The van der Waals surface area contributed by atoms with Crippen molar-refractivity contribution in [1.29, 1.82) is 0 Å². The molecule has 1 saturated heterocycles. The molecule has 1 aliphatic carbocycles. The van der Waals surface area contributed by atoms with E-state index >= 15 is 0 Å². The van der Waals surface area contributed by atoms with E-state index in [1.54, 1.807) is 0 Å². The second kappa shape index (κ2) is 8.04. The number of aliphatic carboxylic acids is 2. The van der Waals surface area contributed by atoms with Crippen molar-refractivity contribution in [1.82, 2.24) is 5.32 Å². The Balaban J connectivity index is 0.000000242. The van der Waals surface area contributed by atoms with Crippen LogP contribution in [0.1, 0.15) is 18.4 Å². The van der Waals surface area contributed by atoms with Gasteiger partial charge in [-0.2, -0.15) is 0 Å². The van der Waals surface area contributed by atoms with E-state index in [-0.39, 0.29) is 5.41 Å². The van der Waals surface area contributed by atoms with Crippen LogP contribution in [0.25, 0.3) is 0 Å². The third-order valence-corrected chi connectivity index (χ3v) is 5.32. The van der Waals surface area contributed by atoms with Crippen LogP contribution < -0.4 is 5.32 Å². The lowest BCUT2D eigenvalue weighted by Gasteiger charge is -2.29. The Morgan fingerprint density at radius 2 is 1.84 bits per heavy atom. The second-order valence-electron chi connectivity index (χ2n) is 6.25. The topological polar surface area (TPSA) is 86.6 Å². The first kappa shape index (κ1) is 19.5. The van der Waals surface area contributed by atoms with Crippen LogP contribution in [-0.4, -0.2) is 35.2 Å². The Kier molecular flexibility index (Phi) is 6.27. The van der Waals surface area contributed by atoms with Crippen LogP contribution in [0.2, 0.25) is 10.0 Å². The van der Waals surface area contributed by atoms with E-state index in [9.17, 15) is 9.59 Å². The van der Waals surface area contributed by atoms with Gasteiger partial charge in [-0.15, -0.1) is 0 Å². The molecule has 134 valence electrons. The monoisotopic (exact) mass is 383 g/mol. The molecule has 1 aromatic rings. The maximum Gasteiger partial charge on any atom is 0.328 e. The van der Waals surface area contributed by atoms with Crippen LogP contribution in [-0.2, 0) is 15.0 Å². The van der Waals surface area contributed by atoms with E-state index in [1.165, 1.54) is 11.1 Å². The van der Waals surface area contributed by atoms with Crippen LogP contribution in [0.5, 0.6) is 0 Å². The molecular weight excluding hydrogens is 365 g/mol. The van der Waals surface area contributed by atoms with Crippen LogP contribution in [0.3, 0.4) is 0 Å². The molecular formula is C18H19Cl2NO4. The minimum absolute atomic E-state index is 0.200. The molecule has 0 unspecified atom stereocenters. The van der Waals surface area contributed by atoms with E-state index < -0.39 is 11.9 Å². The lowest BCUT2D eigenvalue weighted by atomic mass is 9.74. The average molecular weight is 384 g/mol. The molecule has 0 bridgehead atoms. The van der Waals surface area contributed by atoms with Crippen LogP contribution in [0.4, 0.5) is 0 Å². The predicted molar refractivity (Wildman–Crippen MR) is 97.3 cm³/mol. The number of rotatable bonds is 3. The zero-order valence-electron chi connectivity index (χ0n) is 13.5. The summed E-state index contributed by atoms with van der Waals surface area (Å²) in [6.45, 7) is 6.27. The molecule has 2 fully saturated rings. The second-order valence-corrected chi connectivity index (χ2v) is 7.07. The third kappa shape index (κ3) is 4.63. The lowest BCUT2D eigenvalue weighted by Crippen LogP contribution is -2.30. The Labute approximate surface area is 155 Å². The van der Waals surface area contributed by atoms with Gasteiger partial charge in [-0.3, -0.25) is 0 Å². The SMILES string of the molecule is C=C1C[C@@H]2CNC[C@]2(c2ccc(Cl)c(Cl)c2)C1.O=C(O)/C=C/C(=O)O. The Morgan fingerprint density at radius 1 is 1.20 bits per heavy atom. The average Bonchev–Trinajstić information content (AvgIpc) is 3.05. The van der Waals surface area contributed by atoms with Gasteiger partial charge in [0.05, 0.1) is 10.0 Å². The molecule has 7 heteroatoms. The van der Waals surface area contributed by atoms with Crippen molar-refractivity contribution in [2.45, 2.75) is 18.3 Å². The van der Waals surface area contributed by atoms with Gasteiger partial charge in [0, 0.05) is 24.1 Å². The molecule has 25 heavy (non-hydrogen) atoms. The van der Waals surface area contributed by atoms with Gasteiger partial charge in [-0.1, -0.05) is 41.4 Å². The molecule has 3 N–H and O–H groups in total. The fourth-order valence-corrected chi connectivity index (χ4v) is 3.84. The minimum atomic E-state index is -1.26. The summed E-state index contributed by atoms with van der Waals surface area (Å²) in [6, 6.07) is 6.06. The van der Waals surface area contributed by atoms with E-state index in [4.69, 9.17) is 33.4 Å². The van der Waals surface area contributed by atoms with Gasteiger partial charge in [-0.05, 0) is 43.0 Å². The molecule has 0 amide bonds. The summed E-state index contributed by atoms with van der Waals surface area (Å²) in [5, 5.41) is 20.4. The number of carboxylic acid groups (broad SMARTS) is 2. The number of allylic oxidation sites excluding steroid dienone is 1. The largest absolute Gasteiger partial charge is 0.478 e. The number of benzene rings is 1. The standard InChI is InChI=1S/C14H15Cl2N.C4H4O4/c1-9-4-11-7-17-8-14(11,6-9)10-2-3-12(15)13(16)5-10;5-3(6)1-2-4(7)8/h2-3,5,11,17H,1,4,6-8H2;1-2H,(H,5,6)(H,7,8)/b;2-1+/t11-,14+;/m1./s1. The molecule has 3 rings (SSSR count). The summed E-state index contributed by atoms with van der Waals surface area (Å²) < 4.78 is 0. The molecule has 1 aliphatic heterocycles. The van der Waals surface area contributed by atoms with Crippen LogP contribution >= 0.6 is 23.2 Å². The van der Waals surface area contributed by atoms with E-state index in [0.717, 1.165) is 25.9 Å². The molecule has 5 nitrogen and oxygen atoms in total. The highest BCUT2D eigenvalue weighted by Gasteiger charge is 2.48. The molecule has 2 aliphatic rings. The van der Waals surface area contributed by atoms with E-state index in [1.807, 2.05) is 12.1 Å². The molecule has 1 saturated carbocycles. The molecule has 1 heterocycles. The molecule has 1 aromatic carbocycles. The normalized spacial score (nSPS) is 24.7. The summed E-state index contributed by atoms with van der Waals surface area (Å²) in [6.07, 6.45) is 3.32. The lowest BCUT2D eigenvalue weighted by molar-refractivity contribution is -0.134. The number of nitrogens with one attached hydrogen (secondary N) is 1. The highest BCUT2D eigenvalue weighted by atomic mass is 35.5. The summed E-state index contributed by atoms with van der Waals surface area (Å²) in [4.78, 5) is 19.1. The maximum absolute atomic E-state index is 9.55. The van der Waals surface area contributed by atoms with Gasteiger partial charge in [0.15, 0.2) is 0 Å². The number of carboxylic acids is 2. The van der Waals surface area contributed by atoms with Crippen molar-refractivity contribution in [3.63, 3.8) is 0 Å². The smallest absolute Gasteiger partial charge is 0.328 e. The fourth-order valence-electron chi connectivity index (χ4n) is 3.54. The molecule has 2 atom stereocenters. The number of hydrogen-bond acceptors (Lipinski definition) is 3. The summed E-state index contributed by atoms with van der Waals surface area (Å²) in [5.74, 6) is -1.85. The number of halogens is 2. The van der Waals surface area contributed by atoms with Crippen molar-refractivity contribution < 1.29 is 19.8 Å². The summed E-state index contributed by atoms with van der Waals surface area (Å²) >= 11 is 12.1. The van der Waals surface area contributed by atoms with Crippen LogP contribution in [0.15, 0.2) is 42.5 Å². The fraction of sp³-hybridized carbons (Fsp3) is 0.333. The van der Waals surface area contributed by atoms with Crippen LogP contribution in [0, 0.1) is 5.92 Å². The van der Waals surface area contributed by atoms with E-state index in [2.05, 4.69) is 18.0 Å². The van der Waals surface area contributed by atoms with Gasteiger partial charge in [-0.25, -0.2) is 9.59 Å².